The van der Waals surface area contributed by atoms with Gasteiger partial charge in [0.15, 0.2) is 0 Å². The molecule has 1 aromatic rings. The Balaban J connectivity index is 2.18. The molecule has 0 saturated carbocycles. The molecule has 1 aliphatic heterocycles. The van der Waals surface area contributed by atoms with Crippen molar-refractivity contribution < 1.29 is 0 Å². The van der Waals surface area contributed by atoms with Crippen LogP contribution in [0.25, 0.3) is 0 Å². The van der Waals surface area contributed by atoms with E-state index in [2.05, 4.69) is 30.0 Å². The summed E-state index contributed by atoms with van der Waals surface area (Å²) in [7, 11) is 0. The predicted molar refractivity (Wildman–Crippen MR) is 76.0 cm³/mol. The maximum Gasteiger partial charge on any atom is 0.0494 e. The fourth-order valence-electron chi connectivity index (χ4n) is 2.62. The van der Waals surface area contributed by atoms with Crippen LogP contribution in [0, 0.1) is 6.92 Å². The second kappa shape index (κ2) is 6.30. The third kappa shape index (κ3) is 3.38. The van der Waals surface area contributed by atoms with Crippen molar-refractivity contribution in [1.29, 1.82) is 0 Å². The number of aryl methyl sites for hydroxylation is 1. The highest BCUT2D eigenvalue weighted by molar-refractivity contribution is 6.17. The van der Waals surface area contributed by atoms with E-state index in [1.807, 2.05) is 0 Å². The van der Waals surface area contributed by atoms with Gasteiger partial charge < -0.3 is 4.90 Å². The van der Waals surface area contributed by atoms with Crippen LogP contribution in [0.3, 0.4) is 0 Å². The van der Waals surface area contributed by atoms with Crippen molar-refractivity contribution in [2.45, 2.75) is 44.9 Å². The number of alkyl halides is 1. The molecule has 0 spiro atoms. The molecule has 0 aliphatic carbocycles. The first-order chi connectivity index (χ1) is 8.31. The third-order valence-corrected chi connectivity index (χ3v) is 3.86. The van der Waals surface area contributed by atoms with E-state index in [9.17, 15) is 0 Å². The number of benzene rings is 1. The van der Waals surface area contributed by atoms with Gasteiger partial charge in [-0.3, -0.25) is 0 Å². The van der Waals surface area contributed by atoms with Crippen LogP contribution in [-0.4, -0.2) is 13.1 Å². The second-order valence-electron chi connectivity index (χ2n) is 5.02. The quantitative estimate of drug-likeness (QED) is 0.700. The monoisotopic (exact) mass is 251 g/mol. The Morgan fingerprint density at radius 3 is 2.35 bits per heavy atom. The molecule has 94 valence electrons. The fraction of sp³-hybridized carbons (Fsp3) is 0.600. The van der Waals surface area contributed by atoms with Gasteiger partial charge in [-0.2, -0.15) is 0 Å². The van der Waals surface area contributed by atoms with Crippen molar-refractivity contribution in [3.05, 3.63) is 29.3 Å². The van der Waals surface area contributed by atoms with Gasteiger partial charge in [0.1, 0.15) is 0 Å². The molecule has 1 aromatic carbocycles. The molecule has 0 atom stereocenters. The molecule has 1 aliphatic rings. The van der Waals surface area contributed by atoms with Gasteiger partial charge in [0.25, 0.3) is 0 Å². The van der Waals surface area contributed by atoms with E-state index in [1.165, 1.54) is 62.0 Å². The number of rotatable bonds is 2. The van der Waals surface area contributed by atoms with Crippen LogP contribution in [-0.2, 0) is 5.88 Å². The van der Waals surface area contributed by atoms with Crippen LogP contribution in [0.4, 0.5) is 5.69 Å². The van der Waals surface area contributed by atoms with Gasteiger partial charge in [0.05, 0.1) is 0 Å². The molecule has 1 nitrogen and oxygen atoms in total. The normalized spacial score (nSPS) is 17.6. The summed E-state index contributed by atoms with van der Waals surface area (Å²) in [6, 6.07) is 6.67. The third-order valence-electron chi connectivity index (χ3n) is 3.58. The summed E-state index contributed by atoms with van der Waals surface area (Å²) in [5, 5.41) is 0. The van der Waals surface area contributed by atoms with Gasteiger partial charge in [0, 0.05) is 24.7 Å². The molecule has 0 bridgehead atoms. The van der Waals surface area contributed by atoms with E-state index < -0.39 is 0 Å². The molecule has 17 heavy (non-hydrogen) atoms. The summed E-state index contributed by atoms with van der Waals surface area (Å²) in [6.45, 7) is 4.51. The standard InChI is InChI=1S/C15H22ClN/c1-13-7-8-15(14(11-13)12-16)17-9-5-3-2-4-6-10-17/h7-8,11H,2-6,9-10,12H2,1H3. The van der Waals surface area contributed by atoms with Crippen molar-refractivity contribution in [3.63, 3.8) is 0 Å². The molecule has 0 amide bonds. The largest absolute Gasteiger partial charge is 0.371 e. The van der Waals surface area contributed by atoms with Crippen LogP contribution < -0.4 is 4.90 Å². The molecule has 1 saturated heterocycles. The van der Waals surface area contributed by atoms with E-state index in [0.717, 1.165) is 0 Å². The second-order valence-corrected chi connectivity index (χ2v) is 5.29. The van der Waals surface area contributed by atoms with Gasteiger partial charge >= 0.3 is 0 Å². The minimum atomic E-state index is 0.619. The van der Waals surface area contributed by atoms with Crippen molar-refractivity contribution in [2.75, 3.05) is 18.0 Å². The molecule has 1 heterocycles. The molecule has 2 heteroatoms. The molecular weight excluding hydrogens is 230 g/mol. The van der Waals surface area contributed by atoms with Crippen LogP contribution in [0.1, 0.15) is 43.2 Å². The minimum Gasteiger partial charge on any atom is -0.371 e. The number of halogens is 1. The Labute approximate surface area is 110 Å². The summed E-state index contributed by atoms with van der Waals surface area (Å²) >= 11 is 6.07. The smallest absolute Gasteiger partial charge is 0.0494 e. The lowest BCUT2D eigenvalue weighted by Crippen LogP contribution is -2.27. The van der Waals surface area contributed by atoms with E-state index >= 15 is 0 Å². The van der Waals surface area contributed by atoms with Crippen LogP contribution in [0.5, 0.6) is 0 Å². The molecule has 1 fully saturated rings. The zero-order valence-corrected chi connectivity index (χ0v) is 11.5. The lowest BCUT2D eigenvalue weighted by Gasteiger charge is -2.28. The SMILES string of the molecule is Cc1ccc(N2CCCCCCC2)c(CCl)c1. The Bertz CT molecular complexity index is 354. The highest BCUT2D eigenvalue weighted by Gasteiger charge is 2.12. The molecule has 2 rings (SSSR count). The maximum absolute atomic E-state index is 6.07. The number of hydrogen-bond acceptors (Lipinski definition) is 1. The average Bonchev–Trinajstić information content (AvgIpc) is 2.29. The zero-order chi connectivity index (χ0) is 12.1. The first-order valence-corrected chi connectivity index (χ1v) is 7.25. The summed E-state index contributed by atoms with van der Waals surface area (Å²) in [5.41, 5.74) is 3.94. The molecule has 0 radical (unpaired) electrons. The Hall–Kier alpha value is -0.690. The zero-order valence-electron chi connectivity index (χ0n) is 10.7. The molecule has 0 N–H and O–H groups in total. The van der Waals surface area contributed by atoms with Crippen molar-refractivity contribution >= 4 is 17.3 Å². The Morgan fingerprint density at radius 2 is 1.71 bits per heavy atom. The van der Waals surface area contributed by atoms with Gasteiger partial charge in [-0.1, -0.05) is 37.0 Å². The van der Waals surface area contributed by atoms with E-state index in [4.69, 9.17) is 11.6 Å². The lowest BCUT2D eigenvalue weighted by molar-refractivity contribution is 0.556. The van der Waals surface area contributed by atoms with Crippen LogP contribution in [0.2, 0.25) is 0 Å². The van der Waals surface area contributed by atoms with E-state index in [1.54, 1.807) is 0 Å². The number of anilines is 1. The van der Waals surface area contributed by atoms with Crippen molar-refractivity contribution in [3.8, 4) is 0 Å². The average molecular weight is 252 g/mol. The lowest BCUT2D eigenvalue weighted by atomic mass is 10.1. The molecule has 0 aromatic heterocycles. The van der Waals surface area contributed by atoms with Crippen LogP contribution in [0.15, 0.2) is 18.2 Å². The van der Waals surface area contributed by atoms with E-state index in [0.29, 0.717) is 5.88 Å². The topological polar surface area (TPSA) is 3.24 Å². The first-order valence-electron chi connectivity index (χ1n) is 6.71. The van der Waals surface area contributed by atoms with Gasteiger partial charge in [-0.15, -0.1) is 11.6 Å². The number of nitrogens with zero attached hydrogens (tertiary/aromatic N) is 1. The Kier molecular flexibility index (Phi) is 4.73. The summed E-state index contributed by atoms with van der Waals surface area (Å²) in [4.78, 5) is 2.52. The molecule has 0 unspecified atom stereocenters. The number of hydrogen-bond donors (Lipinski definition) is 0. The van der Waals surface area contributed by atoms with Crippen LogP contribution >= 0.6 is 11.6 Å². The van der Waals surface area contributed by atoms with Gasteiger partial charge in [-0.25, -0.2) is 0 Å². The Morgan fingerprint density at radius 1 is 1.06 bits per heavy atom. The highest BCUT2D eigenvalue weighted by atomic mass is 35.5. The van der Waals surface area contributed by atoms with E-state index in [-0.39, 0.29) is 0 Å². The van der Waals surface area contributed by atoms with Crippen molar-refractivity contribution in [2.24, 2.45) is 0 Å². The highest BCUT2D eigenvalue weighted by Crippen LogP contribution is 2.25. The minimum absolute atomic E-state index is 0.619. The first kappa shape index (κ1) is 12.8. The summed E-state index contributed by atoms with van der Waals surface area (Å²) in [5.74, 6) is 0.619. The van der Waals surface area contributed by atoms with Gasteiger partial charge in [0.2, 0.25) is 0 Å². The maximum atomic E-state index is 6.07. The van der Waals surface area contributed by atoms with Gasteiger partial charge in [-0.05, 0) is 31.4 Å². The fourth-order valence-corrected chi connectivity index (χ4v) is 2.83. The molecular formula is C15H22ClN. The summed E-state index contributed by atoms with van der Waals surface area (Å²) in [6.07, 6.45) is 6.78. The summed E-state index contributed by atoms with van der Waals surface area (Å²) < 4.78 is 0. The van der Waals surface area contributed by atoms with Crippen molar-refractivity contribution in [1.82, 2.24) is 0 Å². The predicted octanol–water partition coefficient (Wildman–Crippen LogP) is 4.50.